The quantitative estimate of drug-likeness (QED) is 0.562. The Morgan fingerprint density at radius 3 is 1.00 bits per heavy atom. The van der Waals surface area contributed by atoms with Crippen molar-refractivity contribution in [3.63, 3.8) is 0 Å². The van der Waals surface area contributed by atoms with Gasteiger partial charge in [0.2, 0.25) is 0 Å². The third-order valence-electron chi connectivity index (χ3n) is 4.59. The predicted molar refractivity (Wildman–Crippen MR) is 118 cm³/mol. The monoisotopic (exact) mass is 428 g/mol. The maximum Gasteiger partial charge on any atom is 0.585 e. The molecule has 3 aromatic rings. The lowest BCUT2D eigenvalue weighted by Gasteiger charge is -2.29. The molecular weight excluding hydrogens is 395 g/mol. The van der Waals surface area contributed by atoms with E-state index in [0.717, 1.165) is 17.1 Å². The molecule has 0 atom stereocenters. The van der Waals surface area contributed by atoms with Crippen molar-refractivity contribution in [3.05, 3.63) is 53.9 Å². The number of hydrogen-bond donors (Lipinski definition) is 0. The van der Waals surface area contributed by atoms with Crippen molar-refractivity contribution in [2.75, 3.05) is 0 Å². The summed E-state index contributed by atoms with van der Waals surface area (Å²) >= 11 is 0. The van der Waals surface area contributed by atoms with Crippen LogP contribution in [0, 0.1) is 0 Å². The van der Waals surface area contributed by atoms with Crippen molar-refractivity contribution in [1.29, 1.82) is 0 Å². The lowest BCUT2D eigenvalue weighted by molar-refractivity contribution is 0.0385. The van der Waals surface area contributed by atoms with Crippen molar-refractivity contribution in [2.45, 2.75) is 78.6 Å². The molecular formula is C21H33BN6O3-. The van der Waals surface area contributed by atoms with Gasteiger partial charge in [-0.05, 0) is 18.2 Å². The molecule has 1 radical (unpaired) electrons. The van der Waals surface area contributed by atoms with Gasteiger partial charge in [-0.3, -0.25) is 0 Å². The molecule has 0 N–H and O–H groups in total. The Kier molecular flexibility index (Phi) is 5.86. The second kappa shape index (κ2) is 7.98. The van der Waals surface area contributed by atoms with E-state index in [2.05, 4.69) is 77.6 Å². The molecule has 169 valence electrons. The molecule has 3 rings (SSSR count). The van der Waals surface area contributed by atoms with E-state index < -0.39 is 7.32 Å². The van der Waals surface area contributed by atoms with Crippen LogP contribution in [0.25, 0.3) is 0 Å². The molecule has 0 aliphatic carbocycles. The van der Waals surface area contributed by atoms with Crippen LogP contribution in [0.15, 0.2) is 36.8 Å². The fourth-order valence-corrected chi connectivity index (χ4v) is 2.62. The molecule has 0 aliphatic heterocycles. The second-order valence-corrected chi connectivity index (χ2v) is 10.7. The summed E-state index contributed by atoms with van der Waals surface area (Å²) in [5, 5.41) is 13.4. The summed E-state index contributed by atoms with van der Waals surface area (Å²) in [5.74, 6) is 0. The van der Waals surface area contributed by atoms with Crippen molar-refractivity contribution in [1.82, 2.24) is 29.8 Å². The molecule has 0 bridgehead atoms. The molecule has 31 heavy (non-hydrogen) atoms. The van der Waals surface area contributed by atoms with E-state index in [4.69, 9.17) is 14.3 Å². The van der Waals surface area contributed by atoms with Crippen LogP contribution in [-0.4, -0.2) is 37.2 Å². The van der Waals surface area contributed by atoms with Gasteiger partial charge >= 0.3 is 7.32 Å². The van der Waals surface area contributed by atoms with Gasteiger partial charge in [-0.25, -0.2) is 0 Å². The highest BCUT2D eigenvalue weighted by Gasteiger charge is 2.22. The normalized spacial score (nSPS) is 13.0. The Morgan fingerprint density at radius 2 is 0.806 bits per heavy atom. The van der Waals surface area contributed by atoms with E-state index in [0.29, 0.717) is 0 Å². The van der Waals surface area contributed by atoms with Gasteiger partial charge in [-0.2, -0.15) is 14.5 Å². The average molecular weight is 428 g/mol. The molecule has 0 fully saturated rings. The van der Waals surface area contributed by atoms with Crippen LogP contribution in [0.2, 0.25) is 0 Å². The van der Waals surface area contributed by atoms with E-state index in [1.165, 1.54) is 14.5 Å². The first-order valence-electron chi connectivity index (χ1n) is 10.4. The Balaban J connectivity index is 1.82. The predicted octanol–water partition coefficient (Wildman–Crippen LogP) is 2.84. The number of nitrogens with zero attached hydrogens (tertiary/aromatic N) is 6. The molecule has 3 heterocycles. The third-order valence-corrected chi connectivity index (χ3v) is 4.59. The van der Waals surface area contributed by atoms with Crippen molar-refractivity contribution >= 4 is 7.32 Å². The minimum atomic E-state index is -1.19. The smallest absolute Gasteiger partial charge is 0.560 e. The van der Waals surface area contributed by atoms with Crippen LogP contribution >= 0.6 is 0 Å². The van der Waals surface area contributed by atoms with E-state index in [1.807, 2.05) is 18.2 Å². The first-order chi connectivity index (χ1) is 14.2. The average Bonchev–Trinajstić information content (AvgIpc) is 3.32. The maximum atomic E-state index is 5.83. The molecule has 0 saturated carbocycles. The summed E-state index contributed by atoms with van der Waals surface area (Å²) < 4.78 is 17.5. The van der Waals surface area contributed by atoms with Gasteiger partial charge in [0, 0.05) is 16.2 Å². The number of hydrogen-bond acceptors (Lipinski definition) is 6. The first-order valence-corrected chi connectivity index (χ1v) is 10.4. The van der Waals surface area contributed by atoms with Gasteiger partial charge in [0.15, 0.2) is 0 Å². The Labute approximate surface area is 184 Å². The SMILES string of the molecule is CC(C)(C)c1ccn(O[B-](On2ccc(C(C)(C)C)n2)On2ccc(C(C)(C)C)n2)n1. The topological polar surface area (TPSA) is 81.1 Å². The molecule has 3 aromatic heterocycles. The first kappa shape index (κ1) is 22.8. The summed E-state index contributed by atoms with van der Waals surface area (Å²) in [5.41, 5.74) is 2.32. The Morgan fingerprint density at radius 1 is 0.548 bits per heavy atom. The molecule has 0 aromatic carbocycles. The summed E-state index contributed by atoms with van der Waals surface area (Å²) in [6.07, 6.45) is 5.15. The fourth-order valence-electron chi connectivity index (χ4n) is 2.62. The molecule has 0 spiro atoms. The molecule has 0 aliphatic rings. The van der Waals surface area contributed by atoms with Crippen molar-refractivity contribution in [2.24, 2.45) is 0 Å². The number of rotatable bonds is 6. The largest absolute Gasteiger partial charge is 0.585 e. The second-order valence-electron chi connectivity index (χ2n) is 10.7. The van der Waals surface area contributed by atoms with Gasteiger partial charge in [0.05, 0.1) is 35.7 Å². The zero-order valence-corrected chi connectivity index (χ0v) is 19.9. The minimum absolute atomic E-state index is 0.112. The Hall–Kier alpha value is -2.91. The van der Waals surface area contributed by atoms with E-state index in [-0.39, 0.29) is 16.2 Å². The Bertz CT molecular complexity index is 874. The van der Waals surface area contributed by atoms with E-state index >= 15 is 0 Å². The zero-order valence-electron chi connectivity index (χ0n) is 19.9. The molecule has 0 amide bonds. The zero-order chi connectivity index (χ0) is 23.0. The van der Waals surface area contributed by atoms with Crippen LogP contribution in [0.5, 0.6) is 0 Å². The van der Waals surface area contributed by atoms with Crippen LogP contribution in [0.3, 0.4) is 0 Å². The summed E-state index contributed by atoms with van der Waals surface area (Å²) in [4.78, 5) is 3.98. The summed E-state index contributed by atoms with van der Waals surface area (Å²) in [7, 11) is -1.19. The van der Waals surface area contributed by atoms with Crippen LogP contribution < -0.4 is 14.3 Å². The van der Waals surface area contributed by atoms with Crippen molar-refractivity contribution in [3.8, 4) is 0 Å². The summed E-state index contributed by atoms with van der Waals surface area (Å²) in [6.45, 7) is 18.7. The summed E-state index contributed by atoms with van der Waals surface area (Å²) in [6, 6.07) is 5.69. The highest BCUT2D eigenvalue weighted by atomic mass is 16.9. The highest BCUT2D eigenvalue weighted by Crippen LogP contribution is 2.21. The van der Waals surface area contributed by atoms with Gasteiger partial charge < -0.3 is 14.3 Å². The van der Waals surface area contributed by atoms with Crippen molar-refractivity contribution < 1.29 is 14.3 Å². The molecule has 0 unspecified atom stereocenters. The minimum Gasteiger partial charge on any atom is -0.560 e. The lowest BCUT2D eigenvalue weighted by Crippen LogP contribution is -2.49. The highest BCUT2D eigenvalue weighted by molar-refractivity contribution is 6.37. The maximum absolute atomic E-state index is 5.83. The molecule has 0 saturated heterocycles. The fraction of sp³-hybridized carbons (Fsp3) is 0.571. The molecule has 9 nitrogen and oxygen atoms in total. The van der Waals surface area contributed by atoms with Gasteiger partial charge in [-0.15, -0.1) is 15.3 Å². The third kappa shape index (κ3) is 5.83. The standard InChI is InChI=1S/C21H33BN6O3/c1-19(2,3)16-10-13-26(23-16)29-22(30-27-14-11-17(24-27)20(4,5)6)31-28-15-12-18(25-28)21(7,8)9/h10-15H,1-9H3/q-1. The number of aromatic nitrogens is 6. The van der Waals surface area contributed by atoms with E-state index in [1.54, 1.807) is 18.6 Å². The lowest BCUT2D eigenvalue weighted by atomic mass is 9.93. The van der Waals surface area contributed by atoms with Gasteiger partial charge in [0.1, 0.15) is 0 Å². The van der Waals surface area contributed by atoms with Gasteiger partial charge in [0.25, 0.3) is 0 Å². The van der Waals surface area contributed by atoms with Gasteiger partial charge in [-0.1, -0.05) is 62.3 Å². The molecule has 10 heteroatoms. The van der Waals surface area contributed by atoms with Crippen LogP contribution in [-0.2, 0) is 16.2 Å². The van der Waals surface area contributed by atoms with Crippen LogP contribution in [0.4, 0.5) is 0 Å². The van der Waals surface area contributed by atoms with E-state index in [9.17, 15) is 0 Å². The van der Waals surface area contributed by atoms with Crippen LogP contribution in [0.1, 0.15) is 79.4 Å².